The van der Waals surface area contributed by atoms with Crippen LogP contribution in [0, 0.1) is 5.41 Å². The molecule has 1 rings (SSSR count). The molecule has 16 heavy (non-hydrogen) atoms. The molecule has 0 aromatic heterocycles. The Morgan fingerprint density at radius 1 is 1.31 bits per heavy atom. The largest absolute Gasteiger partial charge is 0.378 e. The highest BCUT2D eigenvalue weighted by molar-refractivity contribution is 4.97. The minimum Gasteiger partial charge on any atom is -0.378 e. The van der Waals surface area contributed by atoms with Gasteiger partial charge in [-0.15, -0.1) is 0 Å². The van der Waals surface area contributed by atoms with Gasteiger partial charge in [0, 0.05) is 24.2 Å². The smallest absolute Gasteiger partial charge is 0.0645 e. The van der Waals surface area contributed by atoms with Gasteiger partial charge in [-0.3, -0.25) is 4.90 Å². The maximum atomic E-state index is 6.19. The number of nitrogens with zero attached hydrogens (tertiary/aromatic N) is 1. The van der Waals surface area contributed by atoms with Crippen LogP contribution in [0.25, 0.3) is 0 Å². The van der Waals surface area contributed by atoms with Crippen molar-refractivity contribution in [3.05, 3.63) is 0 Å². The molecule has 1 aliphatic rings. The zero-order valence-electron chi connectivity index (χ0n) is 11.7. The van der Waals surface area contributed by atoms with Crippen molar-refractivity contribution >= 4 is 0 Å². The summed E-state index contributed by atoms with van der Waals surface area (Å²) >= 11 is 0. The van der Waals surface area contributed by atoms with Gasteiger partial charge in [0.05, 0.1) is 13.2 Å². The fraction of sp³-hybridized carbons (Fsp3) is 1.00. The molecule has 0 aliphatic carbocycles. The maximum Gasteiger partial charge on any atom is 0.0645 e. The third kappa shape index (κ3) is 2.96. The van der Waals surface area contributed by atoms with Crippen LogP contribution in [-0.2, 0) is 4.74 Å². The van der Waals surface area contributed by atoms with Crippen molar-refractivity contribution in [2.24, 2.45) is 11.1 Å². The van der Waals surface area contributed by atoms with E-state index in [0.29, 0.717) is 6.04 Å². The molecule has 3 nitrogen and oxygen atoms in total. The number of ether oxygens (including phenoxy) is 1. The highest BCUT2D eigenvalue weighted by atomic mass is 16.5. The quantitative estimate of drug-likeness (QED) is 0.784. The molecular formula is C13H28N2O. The van der Waals surface area contributed by atoms with Gasteiger partial charge in [0.2, 0.25) is 0 Å². The Morgan fingerprint density at radius 2 is 1.88 bits per heavy atom. The molecule has 2 unspecified atom stereocenters. The van der Waals surface area contributed by atoms with Crippen LogP contribution in [0.1, 0.15) is 41.5 Å². The monoisotopic (exact) mass is 228 g/mol. The Labute approximate surface area is 100 Å². The molecule has 2 atom stereocenters. The van der Waals surface area contributed by atoms with Gasteiger partial charge >= 0.3 is 0 Å². The van der Waals surface area contributed by atoms with Gasteiger partial charge in [-0.1, -0.05) is 20.8 Å². The standard InChI is InChI=1S/C13H28N2O/c1-10(14)11(12(2,3)4)15-7-8-16-9-13(15,5)6/h10-11H,7-9,14H2,1-6H3. The third-order valence-electron chi connectivity index (χ3n) is 3.43. The van der Waals surface area contributed by atoms with E-state index in [1.807, 2.05) is 0 Å². The van der Waals surface area contributed by atoms with Crippen LogP contribution in [-0.4, -0.2) is 42.3 Å². The van der Waals surface area contributed by atoms with Crippen molar-refractivity contribution in [3.8, 4) is 0 Å². The van der Waals surface area contributed by atoms with Crippen LogP contribution < -0.4 is 5.73 Å². The topological polar surface area (TPSA) is 38.5 Å². The summed E-state index contributed by atoms with van der Waals surface area (Å²) in [4.78, 5) is 2.53. The summed E-state index contributed by atoms with van der Waals surface area (Å²) in [6, 6.07) is 0.573. The van der Waals surface area contributed by atoms with E-state index in [2.05, 4.69) is 46.4 Å². The lowest BCUT2D eigenvalue weighted by Crippen LogP contribution is -2.64. The zero-order chi connectivity index (χ0) is 12.6. The van der Waals surface area contributed by atoms with Crippen molar-refractivity contribution in [3.63, 3.8) is 0 Å². The normalized spacial score (nSPS) is 26.4. The molecule has 0 radical (unpaired) electrons. The van der Waals surface area contributed by atoms with Gasteiger partial charge in [-0.2, -0.15) is 0 Å². The van der Waals surface area contributed by atoms with Gasteiger partial charge in [0.15, 0.2) is 0 Å². The predicted molar refractivity (Wildman–Crippen MR) is 68.5 cm³/mol. The van der Waals surface area contributed by atoms with E-state index in [-0.39, 0.29) is 17.0 Å². The van der Waals surface area contributed by atoms with Crippen molar-refractivity contribution in [1.82, 2.24) is 4.90 Å². The van der Waals surface area contributed by atoms with E-state index in [0.717, 1.165) is 19.8 Å². The van der Waals surface area contributed by atoms with E-state index in [1.165, 1.54) is 0 Å². The Hall–Kier alpha value is -0.120. The van der Waals surface area contributed by atoms with Gasteiger partial charge in [0.25, 0.3) is 0 Å². The lowest BCUT2D eigenvalue weighted by Gasteiger charge is -2.52. The summed E-state index contributed by atoms with van der Waals surface area (Å²) in [6.45, 7) is 16.0. The van der Waals surface area contributed by atoms with Crippen molar-refractivity contribution < 1.29 is 4.74 Å². The summed E-state index contributed by atoms with van der Waals surface area (Å²) < 4.78 is 5.58. The average Bonchev–Trinajstić information content (AvgIpc) is 2.05. The predicted octanol–water partition coefficient (Wildman–Crippen LogP) is 1.86. The molecule has 96 valence electrons. The Bertz CT molecular complexity index is 231. The van der Waals surface area contributed by atoms with Crippen LogP contribution in [0.15, 0.2) is 0 Å². The molecule has 1 saturated heterocycles. The molecule has 0 spiro atoms. The summed E-state index contributed by atoms with van der Waals surface area (Å²) in [7, 11) is 0. The first-order valence-electron chi connectivity index (χ1n) is 6.26. The molecule has 0 aromatic carbocycles. The van der Waals surface area contributed by atoms with Crippen LogP contribution >= 0.6 is 0 Å². The molecule has 3 heteroatoms. The highest BCUT2D eigenvalue weighted by Gasteiger charge is 2.41. The first-order chi connectivity index (χ1) is 7.16. The lowest BCUT2D eigenvalue weighted by atomic mass is 9.79. The summed E-state index contributed by atoms with van der Waals surface area (Å²) in [5.41, 5.74) is 6.48. The van der Waals surface area contributed by atoms with Crippen molar-refractivity contribution in [2.45, 2.75) is 59.2 Å². The molecule has 0 saturated carbocycles. The second kappa shape index (κ2) is 4.63. The van der Waals surface area contributed by atoms with Gasteiger partial charge in [-0.05, 0) is 26.2 Å². The molecular weight excluding hydrogens is 200 g/mol. The van der Waals surface area contributed by atoms with E-state index in [9.17, 15) is 0 Å². The van der Waals surface area contributed by atoms with Gasteiger partial charge in [-0.25, -0.2) is 0 Å². The van der Waals surface area contributed by atoms with Crippen molar-refractivity contribution in [1.29, 1.82) is 0 Å². The summed E-state index contributed by atoms with van der Waals surface area (Å²) in [5.74, 6) is 0. The van der Waals surface area contributed by atoms with Gasteiger partial charge in [0.1, 0.15) is 0 Å². The average molecular weight is 228 g/mol. The number of hydrogen-bond donors (Lipinski definition) is 1. The molecule has 0 aromatic rings. The van der Waals surface area contributed by atoms with Crippen LogP contribution in [0.3, 0.4) is 0 Å². The molecule has 1 fully saturated rings. The summed E-state index contributed by atoms with van der Waals surface area (Å²) in [6.07, 6.45) is 0. The molecule has 2 N–H and O–H groups in total. The van der Waals surface area contributed by atoms with Crippen LogP contribution in [0.2, 0.25) is 0 Å². The van der Waals surface area contributed by atoms with Crippen LogP contribution in [0.4, 0.5) is 0 Å². The molecule has 0 amide bonds. The molecule has 0 bridgehead atoms. The Balaban J connectivity index is 2.93. The first-order valence-corrected chi connectivity index (χ1v) is 6.26. The van der Waals surface area contributed by atoms with Gasteiger partial charge < -0.3 is 10.5 Å². The van der Waals surface area contributed by atoms with Crippen LogP contribution in [0.5, 0.6) is 0 Å². The number of nitrogens with two attached hydrogens (primary N) is 1. The third-order valence-corrected chi connectivity index (χ3v) is 3.43. The minimum absolute atomic E-state index is 0.0871. The molecule has 1 aliphatic heterocycles. The Morgan fingerprint density at radius 3 is 2.25 bits per heavy atom. The fourth-order valence-corrected chi connectivity index (χ4v) is 2.93. The highest BCUT2D eigenvalue weighted by Crippen LogP contribution is 2.32. The van der Waals surface area contributed by atoms with Crippen molar-refractivity contribution in [2.75, 3.05) is 19.8 Å². The second-order valence-corrected chi connectivity index (χ2v) is 6.73. The number of morpholine rings is 1. The lowest BCUT2D eigenvalue weighted by molar-refractivity contribution is -0.0970. The second-order valence-electron chi connectivity index (χ2n) is 6.73. The zero-order valence-corrected chi connectivity index (χ0v) is 11.7. The maximum absolute atomic E-state index is 6.19. The van der Waals surface area contributed by atoms with E-state index < -0.39 is 0 Å². The van der Waals surface area contributed by atoms with E-state index in [4.69, 9.17) is 10.5 Å². The minimum atomic E-state index is 0.0871. The SMILES string of the molecule is CC(N)C(N1CCOCC1(C)C)C(C)(C)C. The number of hydrogen-bond acceptors (Lipinski definition) is 3. The molecule has 1 heterocycles. The first kappa shape index (κ1) is 13.9. The van der Waals surface area contributed by atoms with E-state index in [1.54, 1.807) is 0 Å². The fourth-order valence-electron chi connectivity index (χ4n) is 2.93. The number of rotatable bonds is 2. The van der Waals surface area contributed by atoms with E-state index >= 15 is 0 Å². The summed E-state index contributed by atoms with van der Waals surface area (Å²) in [5, 5.41) is 0. The Kier molecular flexibility index (Phi) is 4.04.